The van der Waals surface area contributed by atoms with E-state index in [0.29, 0.717) is 29.6 Å². The van der Waals surface area contributed by atoms with Crippen LogP contribution in [0.25, 0.3) is 0 Å². The van der Waals surface area contributed by atoms with Crippen LogP contribution in [0.3, 0.4) is 0 Å². The van der Waals surface area contributed by atoms with Gasteiger partial charge in [0, 0.05) is 32.6 Å². The van der Waals surface area contributed by atoms with Crippen LogP contribution < -0.4 is 0 Å². The number of nitrogens with zero attached hydrogens (tertiary/aromatic N) is 4. The van der Waals surface area contributed by atoms with Crippen molar-refractivity contribution < 1.29 is 9.59 Å². The number of aryl methyl sites for hydroxylation is 1. The number of aromatic nitrogens is 3. The lowest BCUT2D eigenvalue weighted by Gasteiger charge is -2.31. The molecule has 0 saturated carbocycles. The fourth-order valence-corrected chi connectivity index (χ4v) is 3.51. The van der Waals surface area contributed by atoms with Crippen LogP contribution in [0.5, 0.6) is 0 Å². The summed E-state index contributed by atoms with van der Waals surface area (Å²) < 4.78 is 0. The molecule has 1 aromatic rings. The third-order valence-electron chi connectivity index (χ3n) is 5.05. The van der Waals surface area contributed by atoms with Crippen LogP contribution in [0.15, 0.2) is 0 Å². The quantitative estimate of drug-likeness (QED) is 0.908. The lowest BCUT2D eigenvalue weighted by Crippen LogP contribution is -2.39. The largest absolute Gasteiger partial charge is 0.343 e. The standard InChI is InChI=1S/C16H25N5O2/c1-12-15(18-19-17-12)16(23)21-10-6-13(7-11-21)4-5-14(22)20-8-2-3-9-20/h13H,2-11H2,1H3,(H,17,18,19). The molecule has 0 aliphatic carbocycles. The molecule has 3 rings (SSSR count). The molecule has 1 aromatic heterocycles. The zero-order valence-corrected chi connectivity index (χ0v) is 13.8. The number of amides is 2. The molecule has 1 N–H and O–H groups in total. The van der Waals surface area contributed by atoms with Gasteiger partial charge in [0.1, 0.15) is 0 Å². The monoisotopic (exact) mass is 319 g/mol. The number of nitrogens with one attached hydrogen (secondary N) is 1. The van der Waals surface area contributed by atoms with Gasteiger partial charge in [-0.2, -0.15) is 15.4 Å². The Labute approximate surface area is 136 Å². The van der Waals surface area contributed by atoms with Crippen LogP contribution in [0.4, 0.5) is 0 Å². The Balaban J connectivity index is 1.42. The molecule has 0 spiro atoms. The van der Waals surface area contributed by atoms with Crippen molar-refractivity contribution in [2.45, 2.75) is 45.4 Å². The van der Waals surface area contributed by atoms with Crippen molar-refractivity contribution in [3.63, 3.8) is 0 Å². The Hall–Kier alpha value is -1.92. The molecule has 2 saturated heterocycles. The van der Waals surface area contributed by atoms with Gasteiger partial charge in [-0.3, -0.25) is 9.59 Å². The molecule has 0 bridgehead atoms. The van der Waals surface area contributed by atoms with E-state index in [0.717, 1.165) is 58.3 Å². The first-order chi connectivity index (χ1) is 11.1. The fraction of sp³-hybridized carbons (Fsp3) is 0.750. The van der Waals surface area contributed by atoms with Crippen LogP contribution in [0.1, 0.15) is 54.7 Å². The van der Waals surface area contributed by atoms with Gasteiger partial charge in [0.15, 0.2) is 5.69 Å². The molecular formula is C16H25N5O2. The lowest BCUT2D eigenvalue weighted by molar-refractivity contribution is -0.130. The van der Waals surface area contributed by atoms with Crippen molar-refractivity contribution in [3.05, 3.63) is 11.4 Å². The van der Waals surface area contributed by atoms with Crippen molar-refractivity contribution >= 4 is 11.8 Å². The van der Waals surface area contributed by atoms with Crippen molar-refractivity contribution in [3.8, 4) is 0 Å². The molecule has 2 amide bonds. The maximum atomic E-state index is 12.4. The van der Waals surface area contributed by atoms with Gasteiger partial charge >= 0.3 is 0 Å². The van der Waals surface area contributed by atoms with Gasteiger partial charge in [-0.05, 0) is 44.9 Å². The second kappa shape index (κ2) is 7.10. The Morgan fingerprint density at radius 1 is 1.09 bits per heavy atom. The highest BCUT2D eigenvalue weighted by Crippen LogP contribution is 2.24. The third kappa shape index (κ3) is 3.71. The first-order valence-corrected chi connectivity index (χ1v) is 8.59. The SMILES string of the molecule is Cc1n[nH]nc1C(=O)N1CCC(CCC(=O)N2CCCC2)CC1. The molecule has 0 unspecified atom stereocenters. The molecular weight excluding hydrogens is 294 g/mol. The molecule has 126 valence electrons. The van der Waals surface area contributed by atoms with Crippen LogP contribution in [0.2, 0.25) is 0 Å². The summed E-state index contributed by atoms with van der Waals surface area (Å²) in [7, 11) is 0. The number of hydrogen-bond donors (Lipinski definition) is 1. The minimum Gasteiger partial charge on any atom is -0.343 e. The number of aromatic amines is 1. The minimum absolute atomic E-state index is 0.0390. The maximum Gasteiger partial charge on any atom is 0.276 e. The van der Waals surface area contributed by atoms with E-state index in [2.05, 4.69) is 15.4 Å². The minimum atomic E-state index is -0.0390. The summed E-state index contributed by atoms with van der Waals surface area (Å²) in [6.45, 7) is 5.14. The summed E-state index contributed by atoms with van der Waals surface area (Å²) in [5, 5.41) is 10.3. The second-order valence-corrected chi connectivity index (χ2v) is 6.62. The predicted molar refractivity (Wildman–Crippen MR) is 84.8 cm³/mol. The summed E-state index contributed by atoms with van der Waals surface area (Å²) in [4.78, 5) is 28.3. The van der Waals surface area contributed by atoms with Crippen molar-refractivity contribution in [2.75, 3.05) is 26.2 Å². The Morgan fingerprint density at radius 3 is 2.39 bits per heavy atom. The molecule has 2 aliphatic rings. The number of hydrogen-bond acceptors (Lipinski definition) is 4. The molecule has 3 heterocycles. The summed E-state index contributed by atoms with van der Waals surface area (Å²) in [5.41, 5.74) is 1.07. The molecule has 0 radical (unpaired) electrons. The first-order valence-electron chi connectivity index (χ1n) is 8.59. The van der Waals surface area contributed by atoms with Crippen molar-refractivity contribution in [2.24, 2.45) is 5.92 Å². The van der Waals surface area contributed by atoms with Gasteiger partial charge in [0.2, 0.25) is 5.91 Å². The van der Waals surface area contributed by atoms with Crippen LogP contribution in [0, 0.1) is 12.8 Å². The van der Waals surface area contributed by atoms with E-state index in [4.69, 9.17) is 0 Å². The third-order valence-corrected chi connectivity index (χ3v) is 5.05. The maximum absolute atomic E-state index is 12.4. The van der Waals surface area contributed by atoms with Gasteiger partial charge in [-0.1, -0.05) is 0 Å². The molecule has 0 aromatic carbocycles. The Bertz CT molecular complexity index is 557. The van der Waals surface area contributed by atoms with E-state index in [9.17, 15) is 9.59 Å². The average Bonchev–Trinajstić information content (AvgIpc) is 3.24. The van der Waals surface area contributed by atoms with Gasteiger partial charge in [-0.25, -0.2) is 0 Å². The molecule has 2 aliphatic heterocycles. The van der Waals surface area contributed by atoms with Gasteiger partial charge < -0.3 is 9.80 Å². The smallest absolute Gasteiger partial charge is 0.276 e. The van der Waals surface area contributed by atoms with E-state index in [-0.39, 0.29) is 5.91 Å². The summed E-state index contributed by atoms with van der Waals surface area (Å²) >= 11 is 0. The Morgan fingerprint density at radius 2 is 1.78 bits per heavy atom. The number of carbonyl (C=O) groups is 2. The molecule has 2 fully saturated rings. The highest BCUT2D eigenvalue weighted by molar-refractivity contribution is 5.93. The predicted octanol–water partition coefficient (Wildman–Crippen LogP) is 1.37. The second-order valence-electron chi connectivity index (χ2n) is 6.62. The van der Waals surface area contributed by atoms with E-state index in [1.54, 1.807) is 6.92 Å². The van der Waals surface area contributed by atoms with Gasteiger partial charge in [-0.15, -0.1) is 0 Å². The number of carbonyl (C=O) groups excluding carboxylic acids is 2. The van der Waals surface area contributed by atoms with Crippen molar-refractivity contribution in [1.82, 2.24) is 25.2 Å². The molecule has 23 heavy (non-hydrogen) atoms. The number of likely N-dealkylation sites (tertiary alicyclic amines) is 2. The lowest BCUT2D eigenvalue weighted by atomic mass is 9.91. The zero-order valence-electron chi connectivity index (χ0n) is 13.8. The molecule has 7 heteroatoms. The topological polar surface area (TPSA) is 82.2 Å². The van der Waals surface area contributed by atoms with E-state index in [1.807, 2.05) is 9.80 Å². The van der Waals surface area contributed by atoms with Crippen LogP contribution in [-0.4, -0.2) is 63.2 Å². The summed E-state index contributed by atoms with van der Waals surface area (Å²) in [5.74, 6) is 0.811. The van der Waals surface area contributed by atoms with Gasteiger partial charge in [0.25, 0.3) is 5.91 Å². The van der Waals surface area contributed by atoms with Crippen LogP contribution >= 0.6 is 0 Å². The fourth-order valence-electron chi connectivity index (χ4n) is 3.51. The molecule has 7 nitrogen and oxygen atoms in total. The molecule has 0 atom stereocenters. The van der Waals surface area contributed by atoms with Crippen molar-refractivity contribution in [1.29, 1.82) is 0 Å². The number of rotatable bonds is 4. The van der Waals surface area contributed by atoms with Gasteiger partial charge in [0.05, 0.1) is 5.69 Å². The van der Waals surface area contributed by atoms with E-state index < -0.39 is 0 Å². The summed E-state index contributed by atoms with van der Waals surface area (Å²) in [6.07, 6.45) is 5.83. The first kappa shape index (κ1) is 16.0. The van der Waals surface area contributed by atoms with E-state index >= 15 is 0 Å². The number of H-pyrrole nitrogens is 1. The summed E-state index contributed by atoms with van der Waals surface area (Å²) in [6, 6.07) is 0. The highest BCUT2D eigenvalue weighted by atomic mass is 16.2. The Kier molecular flexibility index (Phi) is 4.93. The van der Waals surface area contributed by atoms with E-state index in [1.165, 1.54) is 0 Å². The van der Waals surface area contributed by atoms with Crippen LogP contribution in [-0.2, 0) is 4.79 Å². The number of piperidine rings is 1. The average molecular weight is 319 g/mol. The normalized spacial score (nSPS) is 19.3. The zero-order chi connectivity index (χ0) is 16.2. The highest BCUT2D eigenvalue weighted by Gasteiger charge is 2.27.